The van der Waals surface area contributed by atoms with Crippen LogP contribution in [-0.2, 0) is 42.5 Å². The lowest BCUT2D eigenvalue weighted by Crippen LogP contribution is -2.47. The normalized spacial score (nSPS) is 15.3. The van der Waals surface area contributed by atoms with Crippen molar-refractivity contribution < 1.29 is 31.1 Å². The maximum Gasteiger partial charge on any atom is 0.243 e. The average Bonchev–Trinajstić information content (AvgIpc) is 2.96. The molecule has 0 radical (unpaired) electrons. The number of rotatable bonds is 11. The first kappa shape index (κ1) is 29.7. The molecule has 4 rings (SSSR count). The highest BCUT2D eigenvalue weighted by Crippen LogP contribution is 2.22. The third kappa shape index (κ3) is 7.26. The van der Waals surface area contributed by atoms with E-state index < -0.39 is 32.0 Å². The molecular weight excluding hydrogens is 554 g/mol. The van der Waals surface area contributed by atoms with Crippen molar-refractivity contribution in [2.45, 2.75) is 35.7 Å². The van der Waals surface area contributed by atoms with E-state index in [0.29, 0.717) is 43.2 Å². The van der Waals surface area contributed by atoms with Gasteiger partial charge in [-0.2, -0.15) is 9.03 Å². The molecular formula is C28H33N3O7S2. The quantitative estimate of drug-likeness (QED) is 0.352. The van der Waals surface area contributed by atoms with Crippen molar-refractivity contribution in [3.05, 3.63) is 89.5 Å². The average molecular weight is 588 g/mol. The Morgan fingerprint density at radius 3 is 2.20 bits per heavy atom. The Bertz CT molecular complexity index is 1520. The molecule has 0 bridgehead atoms. The van der Waals surface area contributed by atoms with Crippen molar-refractivity contribution in [2.75, 3.05) is 33.4 Å². The number of carbonyl (C=O) groups excluding carboxylic acids is 1. The first-order valence-electron chi connectivity index (χ1n) is 12.8. The van der Waals surface area contributed by atoms with Crippen molar-refractivity contribution in [1.82, 2.24) is 14.3 Å². The predicted octanol–water partition coefficient (Wildman–Crippen LogP) is 2.23. The summed E-state index contributed by atoms with van der Waals surface area (Å²) in [5.74, 6) is 0.0453. The van der Waals surface area contributed by atoms with Crippen LogP contribution in [0.3, 0.4) is 0 Å². The predicted molar refractivity (Wildman–Crippen MR) is 150 cm³/mol. The van der Waals surface area contributed by atoms with Crippen molar-refractivity contribution in [1.29, 1.82) is 0 Å². The maximum absolute atomic E-state index is 13.3. The summed E-state index contributed by atoms with van der Waals surface area (Å²) in [6, 6.07) is 18.8. The summed E-state index contributed by atoms with van der Waals surface area (Å²) in [6.45, 7) is 3.14. The molecule has 0 saturated carbocycles. The number of hydrogen-bond acceptors (Lipinski definition) is 7. The first-order chi connectivity index (χ1) is 19.1. The second-order valence-electron chi connectivity index (χ2n) is 9.37. The van der Waals surface area contributed by atoms with Gasteiger partial charge in [0.05, 0.1) is 30.1 Å². The second kappa shape index (κ2) is 12.9. The van der Waals surface area contributed by atoms with Crippen LogP contribution in [-0.4, -0.2) is 66.5 Å². The molecule has 1 aliphatic rings. The largest absolute Gasteiger partial charge is 0.496 e. The molecule has 214 valence electrons. The van der Waals surface area contributed by atoms with Crippen LogP contribution < -0.4 is 14.8 Å². The van der Waals surface area contributed by atoms with E-state index in [1.54, 1.807) is 25.1 Å². The highest BCUT2D eigenvalue weighted by molar-refractivity contribution is 7.89. The van der Waals surface area contributed by atoms with Gasteiger partial charge in [-0.1, -0.05) is 42.5 Å². The molecule has 1 saturated heterocycles. The molecule has 2 N–H and O–H groups in total. The molecule has 10 nitrogen and oxygen atoms in total. The molecule has 1 aliphatic heterocycles. The molecule has 1 amide bonds. The van der Waals surface area contributed by atoms with Crippen molar-refractivity contribution in [2.24, 2.45) is 0 Å². The van der Waals surface area contributed by atoms with Gasteiger partial charge in [-0.25, -0.2) is 16.8 Å². The number of methoxy groups -OCH3 is 1. The van der Waals surface area contributed by atoms with Crippen LogP contribution in [0.5, 0.6) is 5.75 Å². The zero-order valence-electron chi connectivity index (χ0n) is 22.4. The van der Waals surface area contributed by atoms with Crippen LogP contribution in [0.4, 0.5) is 0 Å². The van der Waals surface area contributed by atoms with Gasteiger partial charge in [-0.05, 0) is 60.4 Å². The number of amides is 1. The monoisotopic (exact) mass is 587 g/mol. The van der Waals surface area contributed by atoms with Gasteiger partial charge >= 0.3 is 0 Å². The number of carbonyl (C=O) groups is 1. The van der Waals surface area contributed by atoms with Gasteiger partial charge in [0.25, 0.3) is 0 Å². The number of morpholine rings is 1. The fourth-order valence-corrected chi connectivity index (χ4v) is 7.03. The third-order valence-corrected chi connectivity index (χ3v) is 9.95. The summed E-state index contributed by atoms with van der Waals surface area (Å²) in [5, 5.41) is 2.78. The van der Waals surface area contributed by atoms with E-state index >= 15 is 0 Å². The molecule has 1 heterocycles. The van der Waals surface area contributed by atoms with E-state index in [9.17, 15) is 21.6 Å². The van der Waals surface area contributed by atoms with Crippen LogP contribution in [0.1, 0.15) is 16.7 Å². The fourth-order valence-electron chi connectivity index (χ4n) is 4.34. The molecule has 1 unspecified atom stereocenters. The Morgan fingerprint density at radius 1 is 0.925 bits per heavy atom. The van der Waals surface area contributed by atoms with Gasteiger partial charge in [-0.15, -0.1) is 0 Å². The van der Waals surface area contributed by atoms with E-state index in [4.69, 9.17) is 9.47 Å². The molecule has 3 aromatic carbocycles. The standard InChI is InChI=1S/C28H33N3O7S2/c1-21-18-25(12-13-27(21)37-2)39(33,34)30-26(19-22-6-4-3-5-7-22)28(32)29-20-23-8-10-24(11-9-23)40(35,36)31-14-16-38-17-15-31/h3-13,18,26,30H,14-17,19-20H2,1-2H3,(H,29,32). The van der Waals surface area contributed by atoms with Gasteiger partial charge in [0, 0.05) is 19.6 Å². The summed E-state index contributed by atoms with van der Waals surface area (Å²) >= 11 is 0. The molecule has 12 heteroatoms. The van der Waals surface area contributed by atoms with Gasteiger partial charge < -0.3 is 14.8 Å². The molecule has 1 atom stereocenters. The Labute approximate surface area is 235 Å². The minimum absolute atomic E-state index is 0.0220. The van der Waals surface area contributed by atoms with E-state index in [0.717, 1.165) is 5.56 Å². The number of nitrogens with zero attached hydrogens (tertiary/aromatic N) is 1. The Balaban J connectivity index is 1.47. The second-order valence-corrected chi connectivity index (χ2v) is 13.0. The number of sulfonamides is 2. The molecule has 0 aliphatic carbocycles. The van der Waals surface area contributed by atoms with Gasteiger partial charge in [-0.3, -0.25) is 4.79 Å². The number of aryl methyl sites for hydroxylation is 1. The zero-order chi connectivity index (χ0) is 28.8. The van der Waals surface area contributed by atoms with Crippen molar-refractivity contribution >= 4 is 26.0 Å². The topological polar surface area (TPSA) is 131 Å². The minimum Gasteiger partial charge on any atom is -0.496 e. The smallest absolute Gasteiger partial charge is 0.243 e. The summed E-state index contributed by atoms with van der Waals surface area (Å²) in [7, 11) is -6.16. The molecule has 3 aromatic rings. The van der Waals surface area contributed by atoms with Crippen LogP contribution in [0.2, 0.25) is 0 Å². The van der Waals surface area contributed by atoms with Gasteiger partial charge in [0.15, 0.2) is 0 Å². The van der Waals surface area contributed by atoms with Crippen LogP contribution >= 0.6 is 0 Å². The third-order valence-electron chi connectivity index (χ3n) is 6.57. The summed E-state index contributed by atoms with van der Waals surface area (Å²) in [6.07, 6.45) is 0.137. The van der Waals surface area contributed by atoms with E-state index in [2.05, 4.69) is 10.0 Å². The van der Waals surface area contributed by atoms with Crippen LogP contribution in [0.15, 0.2) is 82.6 Å². The number of hydrogen-bond donors (Lipinski definition) is 2. The van der Waals surface area contributed by atoms with Crippen LogP contribution in [0, 0.1) is 6.92 Å². The number of ether oxygens (including phenoxy) is 2. The molecule has 0 aromatic heterocycles. The zero-order valence-corrected chi connectivity index (χ0v) is 24.0. The molecule has 0 spiro atoms. The lowest BCUT2D eigenvalue weighted by Gasteiger charge is -2.26. The summed E-state index contributed by atoms with van der Waals surface area (Å²) in [4.78, 5) is 13.4. The SMILES string of the molecule is COc1ccc(S(=O)(=O)NC(Cc2ccccc2)C(=O)NCc2ccc(S(=O)(=O)N3CCOCC3)cc2)cc1C. The molecule has 40 heavy (non-hydrogen) atoms. The van der Waals surface area contributed by atoms with Crippen molar-refractivity contribution in [3.63, 3.8) is 0 Å². The van der Waals surface area contributed by atoms with Crippen LogP contribution in [0.25, 0.3) is 0 Å². The fraction of sp³-hybridized carbons (Fsp3) is 0.321. The van der Waals surface area contributed by atoms with E-state index in [-0.39, 0.29) is 22.8 Å². The highest BCUT2D eigenvalue weighted by atomic mass is 32.2. The number of nitrogens with one attached hydrogen (secondary N) is 2. The lowest BCUT2D eigenvalue weighted by molar-refractivity contribution is -0.122. The Kier molecular flexibility index (Phi) is 9.59. The van der Waals surface area contributed by atoms with Gasteiger partial charge in [0.1, 0.15) is 11.8 Å². The Morgan fingerprint density at radius 2 is 1.57 bits per heavy atom. The highest BCUT2D eigenvalue weighted by Gasteiger charge is 2.28. The summed E-state index contributed by atoms with van der Waals surface area (Å²) < 4.78 is 66.6. The Hall–Kier alpha value is -3.29. The minimum atomic E-state index is -4.03. The molecule has 1 fully saturated rings. The maximum atomic E-state index is 13.3. The summed E-state index contributed by atoms with van der Waals surface area (Å²) in [5.41, 5.74) is 2.10. The number of benzene rings is 3. The van der Waals surface area contributed by atoms with E-state index in [1.807, 2.05) is 30.3 Å². The lowest BCUT2D eigenvalue weighted by atomic mass is 10.1. The van der Waals surface area contributed by atoms with E-state index in [1.165, 1.54) is 35.7 Å². The van der Waals surface area contributed by atoms with Crippen molar-refractivity contribution in [3.8, 4) is 5.75 Å². The first-order valence-corrected chi connectivity index (χ1v) is 15.7. The van der Waals surface area contributed by atoms with Gasteiger partial charge in [0.2, 0.25) is 26.0 Å².